The van der Waals surface area contributed by atoms with Gasteiger partial charge in [0, 0.05) is 5.02 Å². The summed E-state index contributed by atoms with van der Waals surface area (Å²) in [5.74, 6) is -0.730. The molecule has 0 aliphatic rings. The molecule has 0 bridgehead atoms. The maximum absolute atomic E-state index is 11.8. The van der Waals surface area contributed by atoms with Gasteiger partial charge in [0.05, 0.1) is 23.2 Å². The summed E-state index contributed by atoms with van der Waals surface area (Å²) in [7, 11) is 0. The molecule has 0 saturated carbocycles. The van der Waals surface area contributed by atoms with E-state index in [1.54, 1.807) is 19.1 Å². The fourth-order valence-electron chi connectivity index (χ4n) is 1.65. The standard InChI is InChI=1S/C12H15Cl2NO2/c1-3-8(12(16)17-4-2)9-5-7(13)6-10(14)11(9)15/h5-6,8H,3-4,15H2,1-2H3. The second-order valence-corrected chi connectivity index (χ2v) is 4.45. The van der Waals surface area contributed by atoms with E-state index in [9.17, 15) is 4.79 Å². The van der Waals surface area contributed by atoms with E-state index in [2.05, 4.69) is 0 Å². The van der Waals surface area contributed by atoms with Crippen molar-refractivity contribution in [2.24, 2.45) is 0 Å². The maximum Gasteiger partial charge on any atom is 0.313 e. The summed E-state index contributed by atoms with van der Waals surface area (Å²) in [5.41, 5.74) is 6.88. The van der Waals surface area contributed by atoms with E-state index in [-0.39, 0.29) is 5.97 Å². The predicted molar refractivity (Wildman–Crippen MR) is 70.5 cm³/mol. The molecule has 94 valence electrons. The van der Waals surface area contributed by atoms with Crippen LogP contribution in [0, 0.1) is 0 Å². The highest BCUT2D eigenvalue weighted by Gasteiger charge is 2.23. The molecule has 0 aliphatic heterocycles. The van der Waals surface area contributed by atoms with E-state index in [0.717, 1.165) is 0 Å². The molecule has 1 aromatic rings. The number of carbonyl (C=O) groups excluding carboxylic acids is 1. The molecule has 3 nitrogen and oxygen atoms in total. The molecule has 1 atom stereocenters. The maximum atomic E-state index is 11.8. The highest BCUT2D eigenvalue weighted by atomic mass is 35.5. The molecule has 5 heteroatoms. The van der Waals surface area contributed by atoms with Gasteiger partial charge < -0.3 is 10.5 Å². The number of ether oxygens (including phenoxy) is 1. The lowest BCUT2D eigenvalue weighted by Crippen LogP contribution is -2.16. The van der Waals surface area contributed by atoms with Crippen LogP contribution in [-0.4, -0.2) is 12.6 Å². The quantitative estimate of drug-likeness (QED) is 0.674. The molecule has 17 heavy (non-hydrogen) atoms. The molecule has 0 amide bonds. The van der Waals surface area contributed by atoms with Gasteiger partial charge in [-0.25, -0.2) is 0 Å². The third-order valence-electron chi connectivity index (χ3n) is 2.48. The lowest BCUT2D eigenvalue weighted by Gasteiger charge is -2.17. The zero-order valence-electron chi connectivity index (χ0n) is 9.80. The van der Waals surface area contributed by atoms with Crippen molar-refractivity contribution in [1.82, 2.24) is 0 Å². The second kappa shape index (κ2) is 6.12. The number of hydrogen-bond acceptors (Lipinski definition) is 3. The molecule has 0 saturated heterocycles. The summed E-state index contributed by atoms with van der Waals surface area (Å²) in [6, 6.07) is 3.22. The minimum atomic E-state index is -0.425. The van der Waals surface area contributed by atoms with Gasteiger partial charge in [0.25, 0.3) is 0 Å². The Kier molecular flexibility index (Phi) is 5.09. The fraction of sp³-hybridized carbons (Fsp3) is 0.417. The summed E-state index contributed by atoms with van der Waals surface area (Å²) in [6.45, 7) is 3.98. The Morgan fingerprint density at radius 2 is 2.06 bits per heavy atom. The van der Waals surface area contributed by atoms with Crippen molar-refractivity contribution in [1.29, 1.82) is 0 Å². The number of carbonyl (C=O) groups is 1. The van der Waals surface area contributed by atoms with E-state index >= 15 is 0 Å². The van der Waals surface area contributed by atoms with Crippen LogP contribution in [0.25, 0.3) is 0 Å². The van der Waals surface area contributed by atoms with Crippen LogP contribution in [0.2, 0.25) is 10.0 Å². The number of halogens is 2. The van der Waals surface area contributed by atoms with Crippen molar-refractivity contribution in [3.05, 3.63) is 27.7 Å². The number of anilines is 1. The van der Waals surface area contributed by atoms with Crippen LogP contribution in [0.5, 0.6) is 0 Å². The van der Waals surface area contributed by atoms with Gasteiger partial charge in [0.2, 0.25) is 0 Å². The first-order valence-corrected chi connectivity index (χ1v) is 6.17. The van der Waals surface area contributed by atoms with Crippen LogP contribution in [0.4, 0.5) is 5.69 Å². The Morgan fingerprint density at radius 3 is 2.59 bits per heavy atom. The normalized spacial score (nSPS) is 12.2. The van der Waals surface area contributed by atoms with Crippen molar-refractivity contribution >= 4 is 34.9 Å². The van der Waals surface area contributed by atoms with E-state index in [4.69, 9.17) is 33.7 Å². The first kappa shape index (κ1) is 14.1. The molecule has 1 rings (SSSR count). The van der Waals surface area contributed by atoms with Crippen molar-refractivity contribution in [3.8, 4) is 0 Å². The van der Waals surface area contributed by atoms with Gasteiger partial charge in [-0.15, -0.1) is 0 Å². The molecule has 0 spiro atoms. The number of rotatable bonds is 4. The van der Waals surface area contributed by atoms with Crippen LogP contribution in [-0.2, 0) is 9.53 Å². The van der Waals surface area contributed by atoms with Crippen molar-refractivity contribution in [3.63, 3.8) is 0 Å². The summed E-state index contributed by atoms with van der Waals surface area (Å²) in [6.07, 6.45) is 0.583. The van der Waals surface area contributed by atoms with E-state index in [0.29, 0.717) is 34.3 Å². The Morgan fingerprint density at radius 1 is 1.41 bits per heavy atom. The van der Waals surface area contributed by atoms with Crippen LogP contribution in [0.15, 0.2) is 12.1 Å². The average Bonchev–Trinajstić information content (AvgIpc) is 2.26. The number of benzene rings is 1. The average molecular weight is 276 g/mol. The first-order chi connectivity index (χ1) is 8.01. The van der Waals surface area contributed by atoms with Gasteiger partial charge in [-0.2, -0.15) is 0 Å². The van der Waals surface area contributed by atoms with Crippen molar-refractivity contribution < 1.29 is 9.53 Å². The van der Waals surface area contributed by atoms with Crippen LogP contribution in [0.3, 0.4) is 0 Å². The van der Waals surface area contributed by atoms with E-state index in [1.807, 2.05) is 6.92 Å². The number of nitrogens with two attached hydrogens (primary N) is 1. The van der Waals surface area contributed by atoms with Gasteiger partial charge >= 0.3 is 5.97 Å². The first-order valence-electron chi connectivity index (χ1n) is 5.42. The Labute approximate surface area is 111 Å². The molecule has 0 fully saturated rings. The largest absolute Gasteiger partial charge is 0.466 e. The van der Waals surface area contributed by atoms with Gasteiger partial charge in [0.1, 0.15) is 0 Å². The zero-order chi connectivity index (χ0) is 13.0. The van der Waals surface area contributed by atoms with Crippen molar-refractivity contribution in [2.45, 2.75) is 26.2 Å². The predicted octanol–water partition coefficient (Wildman–Crippen LogP) is 3.63. The highest BCUT2D eigenvalue weighted by molar-refractivity contribution is 6.36. The SMILES string of the molecule is CCOC(=O)C(CC)c1cc(Cl)cc(Cl)c1N. The smallest absolute Gasteiger partial charge is 0.313 e. The number of nitrogen functional groups attached to an aromatic ring is 1. The fourth-order valence-corrected chi connectivity index (χ4v) is 2.16. The Hall–Kier alpha value is -0.930. The highest BCUT2D eigenvalue weighted by Crippen LogP contribution is 2.34. The monoisotopic (exact) mass is 275 g/mol. The van der Waals surface area contributed by atoms with E-state index < -0.39 is 5.92 Å². The lowest BCUT2D eigenvalue weighted by atomic mass is 9.95. The van der Waals surface area contributed by atoms with Crippen LogP contribution in [0.1, 0.15) is 31.7 Å². The van der Waals surface area contributed by atoms with Crippen molar-refractivity contribution in [2.75, 3.05) is 12.3 Å². The molecule has 0 radical (unpaired) electrons. The van der Waals surface area contributed by atoms with Gasteiger partial charge in [-0.05, 0) is 31.0 Å². The molecule has 0 aromatic heterocycles. The lowest BCUT2D eigenvalue weighted by molar-refractivity contribution is -0.145. The molecular weight excluding hydrogens is 261 g/mol. The third-order valence-corrected chi connectivity index (χ3v) is 3.01. The van der Waals surface area contributed by atoms with E-state index in [1.165, 1.54) is 0 Å². The second-order valence-electron chi connectivity index (χ2n) is 3.60. The van der Waals surface area contributed by atoms with Crippen LogP contribution < -0.4 is 5.73 Å². The number of esters is 1. The molecule has 1 unspecified atom stereocenters. The molecule has 0 heterocycles. The van der Waals surface area contributed by atoms with Gasteiger partial charge in [-0.1, -0.05) is 30.1 Å². The molecule has 0 aliphatic carbocycles. The minimum Gasteiger partial charge on any atom is -0.466 e. The topological polar surface area (TPSA) is 52.3 Å². The minimum absolute atomic E-state index is 0.306. The zero-order valence-corrected chi connectivity index (χ0v) is 11.3. The molecule has 2 N–H and O–H groups in total. The Balaban J connectivity index is 3.15. The van der Waals surface area contributed by atoms with Gasteiger partial charge in [-0.3, -0.25) is 4.79 Å². The Bertz CT molecular complexity index is 421. The van der Waals surface area contributed by atoms with Gasteiger partial charge in [0.15, 0.2) is 0 Å². The summed E-state index contributed by atoms with van der Waals surface area (Å²) in [4.78, 5) is 11.8. The molecular formula is C12H15Cl2NO2. The number of hydrogen-bond donors (Lipinski definition) is 1. The molecule has 1 aromatic carbocycles. The van der Waals surface area contributed by atoms with Crippen LogP contribution >= 0.6 is 23.2 Å². The summed E-state index contributed by atoms with van der Waals surface area (Å²) < 4.78 is 5.00. The summed E-state index contributed by atoms with van der Waals surface area (Å²) >= 11 is 11.9. The third kappa shape index (κ3) is 3.27. The summed E-state index contributed by atoms with van der Waals surface area (Å²) in [5, 5.41) is 0.817.